The Labute approximate surface area is 70.9 Å². The summed E-state index contributed by atoms with van der Waals surface area (Å²) in [5.41, 5.74) is 0. The molecule has 0 bridgehead atoms. The molecule has 68 valence electrons. The number of carboxylic acids is 1. The molecule has 0 saturated heterocycles. The molecule has 0 fully saturated rings. The number of rotatable bonds is 3. The van der Waals surface area contributed by atoms with E-state index in [-0.39, 0.29) is 0 Å². The first-order valence-corrected chi connectivity index (χ1v) is 4.06. The molecule has 0 aliphatic carbocycles. The number of nitrogens with one attached hydrogen (secondary N) is 3. The molecule has 1 aliphatic rings. The molecule has 0 spiro atoms. The SMILES string of the molecule is CC[C@@H](NC1=[NH+]CCN1)C(=O)[O-]. The van der Waals surface area contributed by atoms with Crippen molar-refractivity contribution in [2.24, 2.45) is 0 Å². The van der Waals surface area contributed by atoms with Gasteiger partial charge in [0.25, 0.3) is 0 Å². The van der Waals surface area contributed by atoms with Crippen molar-refractivity contribution in [3.63, 3.8) is 0 Å². The molecule has 1 aliphatic heterocycles. The molecule has 3 N–H and O–H groups in total. The standard InChI is InChI=1S/C7H13N3O2/c1-2-5(6(11)12)10-7-8-3-4-9-7/h5H,2-4H2,1H3,(H,11,12)(H2,8,9,10)/t5-/m1/s1. The second-order valence-electron chi connectivity index (χ2n) is 2.65. The Kier molecular flexibility index (Phi) is 2.90. The largest absolute Gasteiger partial charge is 0.546 e. The molecular weight excluding hydrogens is 158 g/mol. The number of carbonyl (C=O) groups is 1. The van der Waals surface area contributed by atoms with E-state index in [1.165, 1.54) is 0 Å². The van der Waals surface area contributed by atoms with Gasteiger partial charge in [-0.25, -0.2) is 0 Å². The number of guanidine groups is 1. The highest BCUT2D eigenvalue weighted by atomic mass is 16.4. The summed E-state index contributed by atoms with van der Waals surface area (Å²) < 4.78 is 0. The number of aliphatic carboxylic acids is 1. The van der Waals surface area contributed by atoms with E-state index in [2.05, 4.69) is 15.6 Å². The van der Waals surface area contributed by atoms with Crippen molar-refractivity contribution in [1.29, 1.82) is 0 Å². The van der Waals surface area contributed by atoms with Gasteiger partial charge in [0.2, 0.25) is 0 Å². The van der Waals surface area contributed by atoms with Crippen LogP contribution in [0.25, 0.3) is 0 Å². The van der Waals surface area contributed by atoms with Crippen molar-refractivity contribution < 1.29 is 14.9 Å². The highest BCUT2D eigenvalue weighted by Gasteiger charge is 2.17. The summed E-state index contributed by atoms with van der Waals surface area (Å²) >= 11 is 0. The van der Waals surface area contributed by atoms with Crippen molar-refractivity contribution in [1.82, 2.24) is 10.6 Å². The smallest absolute Gasteiger partial charge is 0.344 e. The first-order chi connectivity index (χ1) is 5.74. The van der Waals surface area contributed by atoms with Crippen molar-refractivity contribution in [3.8, 4) is 0 Å². The number of carboxylic acid groups (broad SMARTS) is 1. The van der Waals surface area contributed by atoms with Gasteiger partial charge in [-0.1, -0.05) is 6.92 Å². The Hall–Kier alpha value is -1.26. The Balaban J connectivity index is 2.41. The summed E-state index contributed by atoms with van der Waals surface area (Å²) in [7, 11) is 0. The van der Waals surface area contributed by atoms with Crippen LogP contribution in [0.4, 0.5) is 0 Å². The maximum atomic E-state index is 10.5. The molecule has 0 unspecified atom stereocenters. The molecule has 0 aromatic heterocycles. The molecule has 1 atom stereocenters. The minimum atomic E-state index is -1.07. The molecule has 0 saturated carbocycles. The lowest BCUT2D eigenvalue weighted by Crippen LogP contribution is -2.75. The number of carbonyl (C=O) groups excluding carboxylic acids is 1. The normalized spacial score (nSPS) is 17.9. The Morgan fingerprint density at radius 1 is 1.92 bits per heavy atom. The molecule has 1 heterocycles. The predicted octanol–water partition coefficient (Wildman–Crippen LogP) is -3.86. The van der Waals surface area contributed by atoms with E-state index in [0.717, 1.165) is 13.1 Å². The van der Waals surface area contributed by atoms with Crippen LogP contribution in [-0.2, 0) is 4.79 Å². The summed E-state index contributed by atoms with van der Waals surface area (Å²) in [5.74, 6) is -0.383. The van der Waals surface area contributed by atoms with Crippen LogP contribution in [0.2, 0.25) is 0 Å². The van der Waals surface area contributed by atoms with Crippen molar-refractivity contribution in [3.05, 3.63) is 0 Å². The third kappa shape index (κ3) is 2.11. The second-order valence-corrected chi connectivity index (χ2v) is 2.65. The van der Waals surface area contributed by atoms with E-state index in [0.29, 0.717) is 12.4 Å². The highest BCUT2D eigenvalue weighted by molar-refractivity contribution is 5.81. The van der Waals surface area contributed by atoms with Crippen LogP contribution in [0.5, 0.6) is 0 Å². The van der Waals surface area contributed by atoms with Crippen LogP contribution >= 0.6 is 0 Å². The first kappa shape index (κ1) is 8.83. The lowest BCUT2D eigenvalue weighted by atomic mass is 10.2. The van der Waals surface area contributed by atoms with Crippen LogP contribution in [0.3, 0.4) is 0 Å². The summed E-state index contributed by atoms with van der Waals surface area (Å²) in [4.78, 5) is 13.5. The molecule has 0 aromatic rings. The van der Waals surface area contributed by atoms with Crippen molar-refractivity contribution in [2.45, 2.75) is 19.4 Å². The lowest BCUT2D eigenvalue weighted by molar-refractivity contribution is -0.447. The molecule has 0 amide bonds. The quantitative estimate of drug-likeness (QED) is 0.406. The van der Waals surface area contributed by atoms with Crippen LogP contribution < -0.4 is 20.7 Å². The minimum absolute atomic E-state index is 0.509. The first-order valence-electron chi connectivity index (χ1n) is 4.06. The predicted molar refractivity (Wildman–Crippen MR) is 41.1 cm³/mol. The van der Waals surface area contributed by atoms with Gasteiger partial charge in [0.15, 0.2) is 0 Å². The van der Waals surface area contributed by atoms with Crippen LogP contribution in [-0.4, -0.2) is 31.1 Å². The third-order valence-corrected chi connectivity index (χ3v) is 1.74. The van der Waals surface area contributed by atoms with Gasteiger partial charge < -0.3 is 9.90 Å². The molecule has 12 heavy (non-hydrogen) atoms. The fraction of sp³-hybridized carbons (Fsp3) is 0.714. The van der Waals surface area contributed by atoms with Gasteiger partial charge >= 0.3 is 5.96 Å². The second kappa shape index (κ2) is 3.94. The summed E-state index contributed by atoms with van der Waals surface area (Å²) in [6.45, 7) is 3.45. The Bertz CT molecular complexity index is 203. The van der Waals surface area contributed by atoms with Crippen LogP contribution in [0.15, 0.2) is 0 Å². The number of hydrogen-bond acceptors (Lipinski definition) is 4. The van der Waals surface area contributed by atoms with Gasteiger partial charge in [-0.3, -0.25) is 15.6 Å². The fourth-order valence-corrected chi connectivity index (χ4v) is 1.04. The third-order valence-electron chi connectivity index (χ3n) is 1.74. The van der Waals surface area contributed by atoms with E-state index in [4.69, 9.17) is 0 Å². The summed E-state index contributed by atoms with van der Waals surface area (Å²) in [6.07, 6.45) is 0.509. The fourth-order valence-electron chi connectivity index (χ4n) is 1.04. The average Bonchev–Trinajstić information content (AvgIpc) is 2.51. The number of hydrogen-bond donors (Lipinski definition) is 3. The maximum absolute atomic E-state index is 10.5. The summed E-state index contributed by atoms with van der Waals surface area (Å²) in [5, 5.41) is 16.3. The minimum Gasteiger partial charge on any atom is -0.546 e. The van der Waals surface area contributed by atoms with Gasteiger partial charge in [0.1, 0.15) is 6.04 Å². The summed E-state index contributed by atoms with van der Waals surface area (Å²) in [6, 6.07) is -0.613. The molecule has 5 nitrogen and oxygen atoms in total. The maximum Gasteiger partial charge on any atom is 0.344 e. The van der Waals surface area contributed by atoms with Gasteiger partial charge in [-0.05, 0) is 6.42 Å². The molecule has 0 aromatic carbocycles. The van der Waals surface area contributed by atoms with Crippen LogP contribution in [0, 0.1) is 0 Å². The lowest BCUT2D eigenvalue weighted by Gasteiger charge is -2.13. The van der Waals surface area contributed by atoms with Gasteiger partial charge in [-0.2, -0.15) is 0 Å². The van der Waals surface area contributed by atoms with E-state index in [1.54, 1.807) is 6.92 Å². The Morgan fingerprint density at radius 2 is 2.67 bits per heavy atom. The van der Waals surface area contributed by atoms with Gasteiger partial charge in [0.05, 0.1) is 19.1 Å². The average molecular weight is 171 g/mol. The molecule has 0 radical (unpaired) electrons. The highest BCUT2D eigenvalue weighted by Crippen LogP contribution is 1.86. The topological polar surface area (TPSA) is 78.2 Å². The molecule has 1 rings (SSSR count). The zero-order valence-corrected chi connectivity index (χ0v) is 7.02. The zero-order valence-electron chi connectivity index (χ0n) is 7.02. The molecular formula is C7H13N3O2. The zero-order chi connectivity index (χ0) is 8.97. The van der Waals surface area contributed by atoms with E-state index < -0.39 is 12.0 Å². The van der Waals surface area contributed by atoms with E-state index in [1.807, 2.05) is 0 Å². The van der Waals surface area contributed by atoms with Crippen molar-refractivity contribution in [2.75, 3.05) is 13.1 Å². The van der Waals surface area contributed by atoms with Gasteiger partial charge in [0, 0.05) is 0 Å². The van der Waals surface area contributed by atoms with Crippen LogP contribution in [0.1, 0.15) is 13.3 Å². The monoisotopic (exact) mass is 171 g/mol. The van der Waals surface area contributed by atoms with Crippen molar-refractivity contribution >= 4 is 11.9 Å². The van der Waals surface area contributed by atoms with E-state index in [9.17, 15) is 9.90 Å². The molecule has 5 heteroatoms. The Morgan fingerprint density at radius 3 is 3.08 bits per heavy atom. The van der Waals surface area contributed by atoms with Gasteiger partial charge in [-0.15, -0.1) is 0 Å². The van der Waals surface area contributed by atoms with E-state index >= 15 is 0 Å².